The lowest BCUT2D eigenvalue weighted by Crippen LogP contribution is -2.04. The molecule has 0 aliphatic rings. The van der Waals surface area contributed by atoms with Crippen molar-refractivity contribution < 1.29 is 9.53 Å². The Labute approximate surface area is 84.0 Å². The minimum absolute atomic E-state index is 0.242. The number of H-pyrrole nitrogens is 2. The van der Waals surface area contributed by atoms with Crippen LogP contribution < -0.4 is 11.4 Å². The second-order valence-corrected chi connectivity index (χ2v) is 3.06. The molecule has 6 nitrogen and oxygen atoms in total. The van der Waals surface area contributed by atoms with Gasteiger partial charge in [-0.1, -0.05) is 0 Å². The number of aromatic nitrogens is 2. The van der Waals surface area contributed by atoms with Gasteiger partial charge < -0.3 is 20.4 Å². The fourth-order valence-corrected chi connectivity index (χ4v) is 1.44. The van der Waals surface area contributed by atoms with E-state index in [-0.39, 0.29) is 11.3 Å². The van der Waals surface area contributed by atoms with Crippen molar-refractivity contribution in [3.05, 3.63) is 28.2 Å². The van der Waals surface area contributed by atoms with Crippen molar-refractivity contribution in [2.45, 2.75) is 0 Å². The van der Waals surface area contributed by atoms with Crippen LogP contribution >= 0.6 is 0 Å². The minimum atomic E-state index is -0.539. The molecule has 6 heteroatoms. The number of nitrogen functional groups attached to an aromatic ring is 1. The number of anilines is 1. The van der Waals surface area contributed by atoms with Crippen LogP contribution in [-0.4, -0.2) is 23.0 Å². The highest BCUT2D eigenvalue weighted by molar-refractivity contribution is 6.03. The van der Waals surface area contributed by atoms with Gasteiger partial charge in [0.2, 0.25) is 0 Å². The van der Waals surface area contributed by atoms with Gasteiger partial charge >= 0.3 is 11.7 Å². The second-order valence-electron chi connectivity index (χ2n) is 3.06. The van der Waals surface area contributed by atoms with Crippen LogP contribution in [0.15, 0.2) is 16.9 Å². The molecular weight excluding hydrogens is 198 g/mol. The number of carbonyl (C=O) groups is 1. The quantitative estimate of drug-likeness (QED) is 0.460. The number of nitrogens with one attached hydrogen (secondary N) is 2. The van der Waals surface area contributed by atoms with Gasteiger partial charge in [-0.25, -0.2) is 9.59 Å². The number of ether oxygens (including phenoxy) is 1. The molecule has 0 spiro atoms. The molecule has 1 aromatic carbocycles. The number of esters is 1. The average Bonchev–Trinajstić information content (AvgIpc) is 2.55. The topological polar surface area (TPSA) is 101 Å². The number of aromatic amines is 2. The Kier molecular flexibility index (Phi) is 1.96. The van der Waals surface area contributed by atoms with Crippen LogP contribution in [0.2, 0.25) is 0 Å². The summed E-state index contributed by atoms with van der Waals surface area (Å²) in [6.07, 6.45) is 0. The normalized spacial score (nSPS) is 10.5. The maximum Gasteiger partial charge on any atom is 0.340 e. The molecule has 2 rings (SSSR count). The van der Waals surface area contributed by atoms with E-state index in [4.69, 9.17) is 5.73 Å². The van der Waals surface area contributed by atoms with Crippen molar-refractivity contribution in [2.24, 2.45) is 0 Å². The van der Waals surface area contributed by atoms with E-state index in [0.29, 0.717) is 16.7 Å². The molecule has 2 aromatic rings. The molecule has 4 N–H and O–H groups in total. The van der Waals surface area contributed by atoms with Crippen LogP contribution in [0, 0.1) is 0 Å². The maximum absolute atomic E-state index is 11.4. The van der Waals surface area contributed by atoms with Crippen LogP contribution in [0.1, 0.15) is 10.4 Å². The van der Waals surface area contributed by atoms with Gasteiger partial charge in [0.25, 0.3) is 0 Å². The van der Waals surface area contributed by atoms with Crippen LogP contribution in [0.4, 0.5) is 5.69 Å². The molecule has 0 aliphatic heterocycles. The standard InChI is InChI=1S/C9H9N3O3/c1-15-8(13)5-2-4(10)3-6-7(5)12-9(14)11-6/h2-3H,10H2,1H3,(H2,11,12,14). The van der Waals surface area contributed by atoms with Crippen molar-refractivity contribution in [3.63, 3.8) is 0 Å². The zero-order valence-corrected chi connectivity index (χ0v) is 7.96. The van der Waals surface area contributed by atoms with E-state index in [1.165, 1.54) is 13.2 Å². The highest BCUT2D eigenvalue weighted by Gasteiger charge is 2.13. The maximum atomic E-state index is 11.4. The number of methoxy groups -OCH3 is 1. The van der Waals surface area contributed by atoms with Crippen molar-refractivity contribution in [1.82, 2.24) is 9.97 Å². The van der Waals surface area contributed by atoms with E-state index in [0.717, 1.165) is 0 Å². The van der Waals surface area contributed by atoms with Crippen molar-refractivity contribution in [2.75, 3.05) is 12.8 Å². The first-order valence-electron chi connectivity index (χ1n) is 4.21. The zero-order chi connectivity index (χ0) is 11.0. The third-order valence-electron chi connectivity index (χ3n) is 2.05. The lowest BCUT2D eigenvalue weighted by atomic mass is 10.1. The van der Waals surface area contributed by atoms with Crippen LogP contribution in [0.5, 0.6) is 0 Å². The summed E-state index contributed by atoms with van der Waals surface area (Å²) in [5.41, 5.74) is 6.71. The Morgan fingerprint density at radius 2 is 2.13 bits per heavy atom. The number of hydrogen-bond acceptors (Lipinski definition) is 4. The minimum Gasteiger partial charge on any atom is -0.465 e. The lowest BCUT2D eigenvalue weighted by Gasteiger charge is -2.01. The Morgan fingerprint density at radius 3 is 2.80 bits per heavy atom. The fraction of sp³-hybridized carbons (Fsp3) is 0.111. The van der Waals surface area contributed by atoms with Crippen molar-refractivity contribution in [3.8, 4) is 0 Å². The largest absolute Gasteiger partial charge is 0.465 e. The average molecular weight is 207 g/mol. The monoisotopic (exact) mass is 207 g/mol. The molecule has 0 amide bonds. The second kappa shape index (κ2) is 3.16. The molecule has 0 saturated carbocycles. The molecule has 1 aromatic heterocycles. The molecule has 0 unspecified atom stereocenters. The third kappa shape index (κ3) is 1.45. The van der Waals surface area contributed by atoms with Crippen molar-refractivity contribution >= 4 is 22.7 Å². The van der Waals surface area contributed by atoms with E-state index < -0.39 is 5.97 Å². The summed E-state index contributed by atoms with van der Waals surface area (Å²) in [5, 5.41) is 0. The predicted octanol–water partition coefficient (Wildman–Crippen LogP) is 0.225. The van der Waals surface area contributed by atoms with Gasteiger partial charge in [-0.15, -0.1) is 0 Å². The van der Waals surface area contributed by atoms with E-state index >= 15 is 0 Å². The molecule has 1 heterocycles. The molecule has 0 saturated heterocycles. The first-order valence-corrected chi connectivity index (χ1v) is 4.21. The van der Waals surface area contributed by atoms with Gasteiger partial charge in [0, 0.05) is 5.69 Å². The van der Waals surface area contributed by atoms with Crippen LogP contribution in [0.3, 0.4) is 0 Å². The molecule has 15 heavy (non-hydrogen) atoms. The molecule has 0 fully saturated rings. The highest BCUT2D eigenvalue weighted by Crippen LogP contribution is 2.18. The highest BCUT2D eigenvalue weighted by atomic mass is 16.5. The molecule has 0 aliphatic carbocycles. The smallest absolute Gasteiger partial charge is 0.340 e. The van der Waals surface area contributed by atoms with Gasteiger partial charge in [-0.3, -0.25) is 0 Å². The number of imidazole rings is 1. The predicted molar refractivity (Wildman–Crippen MR) is 54.7 cm³/mol. The number of fused-ring (bicyclic) bond motifs is 1. The fourth-order valence-electron chi connectivity index (χ4n) is 1.44. The Hall–Kier alpha value is -2.24. The molecule has 0 bridgehead atoms. The van der Waals surface area contributed by atoms with Gasteiger partial charge in [0.1, 0.15) is 0 Å². The van der Waals surface area contributed by atoms with Gasteiger partial charge in [0.05, 0.1) is 23.7 Å². The van der Waals surface area contributed by atoms with E-state index in [1.54, 1.807) is 6.07 Å². The summed E-state index contributed by atoms with van der Waals surface area (Å²) in [4.78, 5) is 27.5. The summed E-state index contributed by atoms with van der Waals surface area (Å²) in [7, 11) is 1.27. The SMILES string of the molecule is COC(=O)c1cc(N)cc2[nH]c(=O)[nH]c12. The van der Waals surface area contributed by atoms with E-state index in [1.807, 2.05) is 0 Å². The summed E-state index contributed by atoms with van der Waals surface area (Å²) < 4.78 is 4.58. The van der Waals surface area contributed by atoms with E-state index in [9.17, 15) is 9.59 Å². The lowest BCUT2D eigenvalue weighted by molar-refractivity contribution is 0.0603. The summed E-state index contributed by atoms with van der Waals surface area (Å²) >= 11 is 0. The van der Waals surface area contributed by atoms with Gasteiger partial charge in [-0.05, 0) is 12.1 Å². The third-order valence-corrected chi connectivity index (χ3v) is 2.05. The van der Waals surface area contributed by atoms with Crippen molar-refractivity contribution in [1.29, 1.82) is 0 Å². The number of nitrogens with two attached hydrogens (primary N) is 1. The summed E-state index contributed by atoms with van der Waals surface area (Å²) in [6, 6.07) is 3.03. The number of benzene rings is 1. The van der Waals surface area contributed by atoms with Gasteiger partial charge in [-0.2, -0.15) is 0 Å². The number of rotatable bonds is 1. The van der Waals surface area contributed by atoms with Crippen LogP contribution in [-0.2, 0) is 4.74 Å². The molecule has 78 valence electrons. The number of hydrogen-bond donors (Lipinski definition) is 3. The number of carbonyl (C=O) groups excluding carboxylic acids is 1. The summed E-state index contributed by atoms with van der Waals surface area (Å²) in [5.74, 6) is -0.539. The first kappa shape index (κ1) is 9.32. The van der Waals surface area contributed by atoms with Crippen LogP contribution in [0.25, 0.3) is 11.0 Å². The first-order chi connectivity index (χ1) is 7.11. The molecular formula is C9H9N3O3. The molecule has 0 radical (unpaired) electrons. The van der Waals surface area contributed by atoms with Gasteiger partial charge in [0.15, 0.2) is 0 Å². The zero-order valence-electron chi connectivity index (χ0n) is 7.96. The Bertz CT molecular complexity index is 582. The Balaban J connectivity index is 2.81. The Morgan fingerprint density at radius 1 is 1.40 bits per heavy atom. The molecule has 0 atom stereocenters. The summed E-state index contributed by atoms with van der Waals surface area (Å²) in [6.45, 7) is 0. The van der Waals surface area contributed by atoms with E-state index in [2.05, 4.69) is 14.7 Å².